The van der Waals surface area contributed by atoms with Crippen LogP contribution in [0.5, 0.6) is 0 Å². The summed E-state index contributed by atoms with van der Waals surface area (Å²) in [6, 6.07) is 4.49. The number of hydrogen-bond donors (Lipinski definition) is 1. The summed E-state index contributed by atoms with van der Waals surface area (Å²) < 4.78 is 15.5. The lowest BCUT2D eigenvalue weighted by atomic mass is 10.00. The first-order valence-electron chi connectivity index (χ1n) is 5.51. The maximum Gasteiger partial charge on any atom is 0.128 e. The molecule has 2 N–H and O–H groups in total. The van der Waals surface area contributed by atoms with Gasteiger partial charge in [0.05, 0.1) is 17.9 Å². The Hall–Kier alpha value is -1.68. The van der Waals surface area contributed by atoms with Gasteiger partial charge in [0.15, 0.2) is 0 Å². The molecule has 0 saturated carbocycles. The maximum atomic E-state index is 13.8. The third-order valence-corrected chi connectivity index (χ3v) is 2.96. The molecule has 0 amide bonds. The fraction of sp³-hybridized carbons (Fsp3) is 0.308. The van der Waals surface area contributed by atoms with Crippen molar-refractivity contribution in [3.63, 3.8) is 0 Å². The van der Waals surface area contributed by atoms with Crippen molar-refractivity contribution in [2.45, 2.75) is 19.9 Å². The summed E-state index contributed by atoms with van der Waals surface area (Å²) in [4.78, 5) is 0. The van der Waals surface area contributed by atoms with Crippen LogP contribution in [0.15, 0.2) is 24.4 Å². The van der Waals surface area contributed by atoms with Gasteiger partial charge in [0.2, 0.25) is 0 Å². The summed E-state index contributed by atoms with van der Waals surface area (Å²) in [5.74, 6) is -0.274. The van der Waals surface area contributed by atoms with Crippen molar-refractivity contribution in [3.05, 3.63) is 52.6 Å². The van der Waals surface area contributed by atoms with Crippen molar-refractivity contribution >= 4 is 0 Å². The van der Waals surface area contributed by atoms with Gasteiger partial charge >= 0.3 is 0 Å². The summed E-state index contributed by atoms with van der Waals surface area (Å²) in [7, 11) is 1.82. The molecule has 1 heterocycles. The number of aryl methyl sites for hydroxylation is 3. The Balaban J connectivity index is 2.50. The van der Waals surface area contributed by atoms with Crippen LogP contribution in [-0.4, -0.2) is 9.78 Å². The predicted molar refractivity (Wildman–Crippen MR) is 65.1 cm³/mol. The van der Waals surface area contributed by atoms with Gasteiger partial charge in [0, 0.05) is 12.6 Å². The van der Waals surface area contributed by atoms with E-state index in [1.165, 1.54) is 6.07 Å². The average Bonchev–Trinajstić information content (AvgIpc) is 2.61. The van der Waals surface area contributed by atoms with Gasteiger partial charge in [-0.2, -0.15) is 5.10 Å². The van der Waals surface area contributed by atoms with Crippen LogP contribution >= 0.6 is 0 Å². The molecular weight excluding hydrogens is 217 g/mol. The van der Waals surface area contributed by atoms with E-state index in [1.54, 1.807) is 23.0 Å². The largest absolute Gasteiger partial charge is 0.319 e. The Kier molecular flexibility index (Phi) is 2.98. The van der Waals surface area contributed by atoms with Crippen LogP contribution in [0.2, 0.25) is 0 Å². The Bertz CT molecular complexity index is 526. The van der Waals surface area contributed by atoms with Crippen LogP contribution in [0.1, 0.15) is 28.4 Å². The highest BCUT2D eigenvalue weighted by molar-refractivity contribution is 5.34. The molecule has 0 bridgehead atoms. The van der Waals surface area contributed by atoms with E-state index in [0.717, 1.165) is 16.8 Å². The Labute approximate surface area is 100 Å². The van der Waals surface area contributed by atoms with Gasteiger partial charge in [-0.05, 0) is 25.5 Å². The summed E-state index contributed by atoms with van der Waals surface area (Å²) in [5.41, 5.74) is 9.45. The number of benzene rings is 1. The molecule has 0 aliphatic heterocycles. The molecule has 1 atom stereocenters. The van der Waals surface area contributed by atoms with Crippen molar-refractivity contribution in [1.29, 1.82) is 0 Å². The quantitative estimate of drug-likeness (QED) is 0.864. The molecule has 2 rings (SSSR count). The molecule has 1 aromatic heterocycles. The number of nitrogens with zero attached hydrogens (tertiary/aromatic N) is 2. The average molecular weight is 233 g/mol. The van der Waals surface area contributed by atoms with Crippen LogP contribution in [0, 0.1) is 19.7 Å². The standard InChI is InChI=1S/C13H16FN3/c1-8-4-5-11(14)10(6-8)12(15)13-9(2)7-16-17(13)3/h4-7,12H,15H2,1-3H3. The van der Waals surface area contributed by atoms with Crippen LogP contribution in [0.4, 0.5) is 4.39 Å². The second-order valence-electron chi connectivity index (χ2n) is 4.34. The first-order valence-corrected chi connectivity index (χ1v) is 5.51. The Morgan fingerprint density at radius 3 is 2.65 bits per heavy atom. The van der Waals surface area contributed by atoms with Gasteiger partial charge in [0.25, 0.3) is 0 Å². The lowest BCUT2D eigenvalue weighted by molar-refractivity contribution is 0.585. The molecule has 0 radical (unpaired) electrons. The van der Waals surface area contributed by atoms with Crippen LogP contribution < -0.4 is 5.73 Å². The minimum Gasteiger partial charge on any atom is -0.319 e. The number of aromatic nitrogens is 2. The molecule has 1 unspecified atom stereocenters. The van der Waals surface area contributed by atoms with E-state index in [-0.39, 0.29) is 5.82 Å². The van der Waals surface area contributed by atoms with Crippen LogP contribution in [0.3, 0.4) is 0 Å². The second-order valence-corrected chi connectivity index (χ2v) is 4.34. The first kappa shape index (κ1) is 11.8. The zero-order valence-electron chi connectivity index (χ0n) is 10.2. The van der Waals surface area contributed by atoms with Gasteiger partial charge < -0.3 is 5.73 Å². The smallest absolute Gasteiger partial charge is 0.128 e. The molecule has 0 aliphatic carbocycles. The topological polar surface area (TPSA) is 43.8 Å². The van der Waals surface area contributed by atoms with E-state index in [4.69, 9.17) is 5.73 Å². The summed E-state index contributed by atoms with van der Waals surface area (Å²) in [6.07, 6.45) is 1.74. The molecule has 0 aliphatic rings. The summed E-state index contributed by atoms with van der Waals surface area (Å²) in [5, 5.41) is 4.13. The minimum atomic E-state index is -0.484. The van der Waals surface area contributed by atoms with E-state index >= 15 is 0 Å². The van der Waals surface area contributed by atoms with E-state index in [9.17, 15) is 4.39 Å². The number of halogens is 1. The Morgan fingerprint density at radius 1 is 1.35 bits per heavy atom. The van der Waals surface area contributed by atoms with Crippen molar-refractivity contribution < 1.29 is 4.39 Å². The summed E-state index contributed by atoms with van der Waals surface area (Å²) >= 11 is 0. The number of rotatable bonds is 2. The number of hydrogen-bond acceptors (Lipinski definition) is 2. The van der Waals surface area contributed by atoms with Gasteiger partial charge in [-0.3, -0.25) is 4.68 Å². The van der Waals surface area contributed by atoms with E-state index < -0.39 is 6.04 Å². The van der Waals surface area contributed by atoms with Gasteiger partial charge in [-0.15, -0.1) is 0 Å². The fourth-order valence-corrected chi connectivity index (χ4v) is 2.05. The highest BCUT2D eigenvalue weighted by Crippen LogP contribution is 2.24. The van der Waals surface area contributed by atoms with Crippen LogP contribution in [0.25, 0.3) is 0 Å². The molecule has 0 saturated heterocycles. The van der Waals surface area contributed by atoms with E-state index in [0.29, 0.717) is 5.56 Å². The lowest BCUT2D eigenvalue weighted by Crippen LogP contribution is -2.18. The molecule has 0 spiro atoms. The van der Waals surface area contributed by atoms with Crippen LogP contribution in [-0.2, 0) is 7.05 Å². The minimum absolute atomic E-state index is 0.274. The number of nitrogens with two attached hydrogens (primary N) is 1. The second kappa shape index (κ2) is 4.30. The normalized spacial score (nSPS) is 12.8. The van der Waals surface area contributed by atoms with Gasteiger partial charge in [-0.1, -0.05) is 17.7 Å². The van der Waals surface area contributed by atoms with Crippen molar-refractivity contribution in [3.8, 4) is 0 Å². The molecule has 2 aromatic rings. The van der Waals surface area contributed by atoms with E-state index in [1.807, 2.05) is 20.9 Å². The fourth-order valence-electron chi connectivity index (χ4n) is 2.05. The first-order chi connectivity index (χ1) is 8.00. The Morgan fingerprint density at radius 2 is 2.06 bits per heavy atom. The highest BCUT2D eigenvalue weighted by Gasteiger charge is 2.19. The third-order valence-electron chi connectivity index (χ3n) is 2.96. The van der Waals surface area contributed by atoms with Crippen molar-refractivity contribution in [1.82, 2.24) is 9.78 Å². The van der Waals surface area contributed by atoms with E-state index in [2.05, 4.69) is 5.10 Å². The monoisotopic (exact) mass is 233 g/mol. The SMILES string of the molecule is Cc1ccc(F)c(C(N)c2c(C)cnn2C)c1. The zero-order valence-corrected chi connectivity index (χ0v) is 10.2. The highest BCUT2D eigenvalue weighted by atomic mass is 19.1. The zero-order chi connectivity index (χ0) is 12.6. The molecule has 17 heavy (non-hydrogen) atoms. The maximum absolute atomic E-state index is 13.8. The third kappa shape index (κ3) is 2.08. The van der Waals surface area contributed by atoms with Crippen molar-refractivity contribution in [2.75, 3.05) is 0 Å². The van der Waals surface area contributed by atoms with Crippen molar-refractivity contribution in [2.24, 2.45) is 12.8 Å². The molecule has 4 heteroatoms. The molecule has 90 valence electrons. The lowest BCUT2D eigenvalue weighted by Gasteiger charge is -2.15. The molecule has 1 aromatic carbocycles. The molecule has 3 nitrogen and oxygen atoms in total. The summed E-state index contributed by atoms with van der Waals surface area (Å²) in [6.45, 7) is 3.85. The molecular formula is C13H16FN3. The predicted octanol–water partition coefficient (Wildman–Crippen LogP) is 2.22. The molecule has 0 fully saturated rings. The van der Waals surface area contributed by atoms with Gasteiger partial charge in [0.1, 0.15) is 5.82 Å². The van der Waals surface area contributed by atoms with Gasteiger partial charge in [-0.25, -0.2) is 4.39 Å².